The highest BCUT2D eigenvalue weighted by molar-refractivity contribution is 7.22. The molecule has 3 aromatic rings. The number of halogens is 1. The van der Waals surface area contributed by atoms with Gasteiger partial charge >= 0.3 is 0 Å². The minimum absolute atomic E-state index is 0.0597. The number of amides is 1. The van der Waals surface area contributed by atoms with Gasteiger partial charge in [-0.05, 0) is 42.8 Å². The van der Waals surface area contributed by atoms with Crippen LogP contribution in [0.4, 0.5) is 16.6 Å². The minimum atomic E-state index is -0.127. The summed E-state index contributed by atoms with van der Waals surface area (Å²) in [6.45, 7) is 1.60. The molecule has 0 spiro atoms. The lowest BCUT2D eigenvalue weighted by Gasteiger charge is -2.18. The van der Waals surface area contributed by atoms with Gasteiger partial charge in [0.1, 0.15) is 22.2 Å². The van der Waals surface area contributed by atoms with Crippen LogP contribution in [0.5, 0.6) is 0 Å². The van der Waals surface area contributed by atoms with Crippen molar-refractivity contribution in [3.8, 4) is 0 Å². The number of aromatic nitrogens is 2. The molecule has 28 heavy (non-hydrogen) atoms. The van der Waals surface area contributed by atoms with E-state index in [0.717, 1.165) is 34.9 Å². The van der Waals surface area contributed by atoms with Crippen LogP contribution in [0.3, 0.4) is 0 Å². The summed E-state index contributed by atoms with van der Waals surface area (Å²) in [5.74, 6) is 0.726. The van der Waals surface area contributed by atoms with Crippen LogP contribution in [-0.4, -0.2) is 58.7 Å². The maximum Gasteiger partial charge on any atom is 0.244 e. The number of anilines is 3. The van der Waals surface area contributed by atoms with Crippen LogP contribution < -0.4 is 10.2 Å². The van der Waals surface area contributed by atoms with Crippen LogP contribution >= 0.6 is 22.9 Å². The van der Waals surface area contributed by atoms with E-state index in [4.69, 9.17) is 16.7 Å². The van der Waals surface area contributed by atoms with Gasteiger partial charge in [-0.1, -0.05) is 22.9 Å². The van der Waals surface area contributed by atoms with Crippen molar-refractivity contribution in [3.05, 3.63) is 41.4 Å². The third-order valence-electron chi connectivity index (χ3n) is 4.65. The molecule has 1 aliphatic heterocycles. The SMILES string of the molecule is CN(c1ccc(Cl)cc1)c1ccc2nc(NC(=O)C3CN3CCCO)sc2n1. The molecule has 2 unspecified atom stereocenters. The van der Waals surface area contributed by atoms with Crippen molar-refractivity contribution in [2.75, 3.05) is 37.0 Å². The summed E-state index contributed by atoms with van der Waals surface area (Å²) >= 11 is 7.31. The van der Waals surface area contributed by atoms with Gasteiger partial charge in [-0.25, -0.2) is 9.97 Å². The van der Waals surface area contributed by atoms with Crippen molar-refractivity contribution in [1.29, 1.82) is 0 Å². The number of rotatable bonds is 7. The molecule has 1 aromatic carbocycles. The summed E-state index contributed by atoms with van der Waals surface area (Å²) < 4.78 is 0. The van der Waals surface area contributed by atoms with Crippen LogP contribution in [0.15, 0.2) is 36.4 Å². The number of thiazole rings is 1. The summed E-state index contributed by atoms with van der Waals surface area (Å²) in [5, 5.41) is 13.0. The third-order valence-corrected chi connectivity index (χ3v) is 5.78. The fourth-order valence-corrected chi connectivity index (χ4v) is 3.94. The fraction of sp³-hybridized carbons (Fsp3) is 0.316. The maximum absolute atomic E-state index is 12.3. The highest BCUT2D eigenvalue weighted by Gasteiger charge is 2.39. The number of aliphatic hydroxyl groups is 1. The van der Waals surface area contributed by atoms with Gasteiger partial charge in [0.2, 0.25) is 5.91 Å². The monoisotopic (exact) mass is 417 g/mol. The van der Waals surface area contributed by atoms with Crippen molar-refractivity contribution < 1.29 is 9.90 Å². The Kier molecular flexibility index (Phi) is 5.45. The largest absolute Gasteiger partial charge is 0.396 e. The van der Waals surface area contributed by atoms with Crippen LogP contribution in [-0.2, 0) is 4.79 Å². The molecule has 0 radical (unpaired) electrons. The van der Waals surface area contributed by atoms with Crippen molar-refractivity contribution >= 4 is 55.8 Å². The van der Waals surface area contributed by atoms with Gasteiger partial charge in [0, 0.05) is 37.5 Å². The Labute approximate surface area is 171 Å². The summed E-state index contributed by atoms with van der Waals surface area (Å²) in [5.41, 5.74) is 1.73. The highest BCUT2D eigenvalue weighted by atomic mass is 35.5. The van der Waals surface area contributed by atoms with E-state index in [0.29, 0.717) is 16.6 Å². The van der Waals surface area contributed by atoms with Crippen molar-refractivity contribution in [2.24, 2.45) is 0 Å². The number of fused-ring (bicyclic) bond motifs is 1. The molecule has 1 amide bonds. The number of carbonyl (C=O) groups is 1. The van der Waals surface area contributed by atoms with Crippen LogP contribution in [0.25, 0.3) is 10.3 Å². The molecule has 9 heteroatoms. The topological polar surface area (TPSA) is 81.4 Å². The smallest absolute Gasteiger partial charge is 0.244 e. The lowest BCUT2D eigenvalue weighted by Crippen LogP contribution is -2.22. The van der Waals surface area contributed by atoms with Crippen LogP contribution in [0.1, 0.15) is 6.42 Å². The fourth-order valence-electron chi connectivity index (χ4n) is 2.98. The second-order valence-electron chi connectivity index (χ2n) is 6.63. The zero-order chi connectivity index (χ0) is 19.7. The minimum Gasteiger partial charge on any atom is -0.396 e. The Morgan fingerprint density at radius 1 is 1.32 bits per heavy atom. The van der Waals surface area contributed by atoms with Crippen molar-refractivity contribution in [2.45, 2.75) is 12.5 Å². The molecule has 0 saturated carbocycles. The summed E-state index contributed by atoms with van der Waals surface area (Å²) in [4.78, 5) is 26.2. The number of aliphatic hydroxyl groups excluding tert-OH is 1. The van der Waals surface area contributed by atoms with Gasteiger partial charge in [-0.15, -0.1) is 0 Å². The van der Waals surface area contributed by atoms with E-state index in [1.54, 1.807) is 0 Å². The van der Waals surface area contributed by atoms with Gasteiger partial charge in [0.05, 0.1) is 0 Å². The first-order valence-corrected chi connectivity index (χ1v) is 10.2. The molecule has 2 N–H and O–H groups in total. The molecular weight excluding hydrogens is 398 g/mol. The highest BCUT2D eigenvalue weighted by Crippen LogP contribution is 2.30. The molecule has 4 rings (SSSR count). The number of benzene rings is 1. The molecule has 3 heterocycles. The first-order valence-electron chi connectivity index (χ1n) is 8.98. The van der Waals surface area contributed by atoms with E-state index >= 15 is 0 Å². The normalized spacial score (nSPS) is 18.2. The molecule has 2 atom stereocenters. The second kappa shape index (κ2) is 8.00. The molecule has 1 aliphatic rings. The quantitative estimate of drug-likeness (QED) is 0.575. The van der Waals surface area contributed by atoms with E-state index in [9.17, 15) is 4.79 Å². The average molecular weight is 418 g/mol. The van der Waals surface area contributed by atoms with E-state index in [1.807, 2.05) is 53.2 Å². The number of nitrogens with zero attached hydrogens (tertiary/aromatic N) is 4. The molecule has 7 nitrogen and oxygen atoms in total. The molecule has 2 aromatic heterocycles. The van der Waals surface area contributed by atoms with Crippen molar-refractivity contribution in [3.63, 3.8) is 0 Å². The number of nitrogens with one attached hydrogen (secondary N) is 1. The van der Waals surface area contributed by atoms with Crippen LogP contribution in [0.2, 0.25) is 5.02 Å². The van der Waals surface area contributed by atoms with Gasteiger partial charge in [-0.2, -0.15) is 0 Å². The average Bonchev–Trinajstić information content (AvgIpc) is 3.37. The van der Waals surface area contributed by atoms with Gasteiger partial charge in [0.25, 0.3) is 0 Å². The van der Waals surface area contributed by atoms with Crippen LogP contribution in [0, 0.1) is 0 Å². The number of pyridine rings is 1. The van der Waals surface area contributed by atoms with Gasteiger partial charge in [-0.3, -0.25) is 9.69 Å². The summed E-state index contributed by atoms with van der Waals surface area (Å²) in [6.07, 6.45) is 0.679. The third kappa shape index (κ3) is 4.10. The number of carbonyl (C=O) groups excluding carboxylic acids is 1. The zero-order valence-corrected chi connectivity index (χ0v) is 16.9. The zero-order valence-electron chi connectivity index (χ0n) is 15.3. The molecule has 1 saturated heterocycles. The molecule has 0 aliphatic carbocycles. The predicted molar refractivity (Wildman–Crippen MR) is 113 cm³/mol. The predicted octanol–water partition coefficient (Wildman–Crippen LogP) is 3.12. The van der Waals surface area contributed by atoms with Crippen molar-refractivity contribution in [1.82, 2.24) is 14.9 Å². The van der Waals surface area contributed by atoms with Gasteiger partial charge in [0.15, 0.2) is 5.13 Å². The molecular formula is C19H20ClN5O2S. The van der Waals surface area contributed by atoms with E-state index in [-0.39, 0.29) is 18.6 Å². The van der Waals surface area contributed by atoms with E-state index in [2.05, 4.69) is 15.3 Å². The Bertz CT molecular complexity index is 994. The van der Waals surface area contributed by atoms with E-state index in [1.165, 1.54) is 11.3 Å². The summed E-state index contributed by atoms with van der Waals surface area (Å²) in [7, 11) is 1.94. The lowest BCUT2D eigenvalue weighted by molar-refractivity contribution is -0.116. The molecule has 146 valence electrons. The Balaban J connectivity index is 1.46. The summed E-state index contributed by atoms with van der Waals surface area (Å²) in [6, 6.07) is 11.2. The first-order chi connectivity index (χ1) is 13.5. The van der Waals surface area contributed by atoms with E-state index < -0.39 is 0 Å². The number of hydrogen-bond donors (Lipinski definition) is 2. The molecule has 1 fully saturated rings. The van der Waals surface area contributed by atoms with Gasteiger partial charge < -0.3 is 15.3 Å². The lowest BCUT2D eigenvalue weighted by atomic mass is 10.3. The Morgan fingerprint density at radius 3 is 2.86 bits per heavy atom. The Morgan fingerprint density at radius 2 is 2.11 bits per heavy atom. The Hall–Kier alpha value is -2.26. The standard InChI is InChI=1S/C19H20ClN5O2S/c1-24(13-5-3-12(20)4-6-13)16-8-7-14-18(22-16)28-19(21-14)23-17(27)15-11-25(15)9-2-10-26/h3-8,15,26H,2,9-11H2,1H3,(H,21,23,27). The number of hydrogen-bond acceptors (Lipinski definition) is 7. The second-order valence-corrected chi connectivity index (χ2v) is 8.04. The maximum atomic E-state index is 12.3. The molecule has 0 bridgehead atoms. The first kappa shape index (κ1) is 19.1.